The third kappa shape index (κ3) is 7.24. The molecule has 2 radical (unpaired) electrons. The molecule has 1 heterocycles. The SMILES string of the molecule is CCCCc1cc2c(-c3cccc4cccnc34)cccc2[cH-]1.Cc1cc2ccccc2[cH-]1.[CH3-].[CH3-].[Si]=[Zr]. The first-order valence-corrected chi connectivity index (χ1v) is 16.3. The van der Waals surface area contributed by atoms with Gasteiger partial charge in [0, 0.05) is 11.6 Å². The van der Waals surface area contributed by atoms with Gasteiger partial charge in [-0.15, -0.1) is 75.1 Å². The van der Waals surface area contributed by atoms with Gasteiger partial charge in [0.25, 0.3) is 0 Å². The van der Waals surface area contributed by atoms with E-state index in [9.17, 15) is 0 Å². The molecular formula is C34H35NSiZr-4. The molecule has 0 spiro atoms. The van der Waals surface area contributed by atoms with E-state index in [1.54, 1.807) is 0 Å². The summed E-state index contributed by atoms with van der Waals surface area (Å²) in [6.45, 7) is 7.43. The molecule has 1 nitrogen and oxygen atoms in total. The Morgan fingerprint density at radius 2 is 1.43 bits per heavy atom. The molecule has 0 amide bonds. The van der Waals surface area contributed by atoms with Gasteiger partial charge in [0.15, 0.2) is 0 Å². The predicted molar refractivity (Wildman–Crippen MR) is 162 cm³/mol. The molecule has 0 aliphatic rings. The molecule has 0 bridgehead atoms. The van der Waals surface area contributed by atoms with Crippen LogP contribution in [-0.2, 0) is 29.8 Å². The molecule has 188 valence electrons. The topological polar surface area (TPSA) is 12.9 Å². The van der Waals surface area contributed by atoms with E-state index < -0.39 is 0 Å². The van der Waals surface area contributed by atoms with Crippen LogP contribution in [0.15, 0.2) is 103 Å². The summed E-state index contributed by atoms with van der Waals surface area (Å²) >= 11 is 1.36. The van der Waals surface area contributed by atoms with Crippen LogP contribution in [0.25, 0.3) is 43.6 Å². The molecule has 1 aromatic heterocycles. The van der Waals surface area contributed by atoms with Crippen LogP contribution < -0.4 is 0 Å². The van der Waals surface area contributed by atoms with Crippen molar-refractivity contribution in [3.05, 3.63) is 129 Å². The number of fused-ring (bicyclic) bond motifs is 3. The monoisotopic (exact) mass is 575 g/mol. The Morgan fingerprint density at radius 1 is 0.757 bits per heavy atom. The summed E-state index contributed by atoms with van der Waals surface area (Å²) in [6.07, 6.45) is 5.53. The Kier molecular flexibility index (Phi) is 12.4. The number of aromatic nitrogens is 1. The number of aryl methyl sites for hydroxylation is 2. The molecular weight excluding hydrogens is 542 g/mol. The van der Waals surface area contributed by atoms with Gasteiger partial charge in [-0.25, -0.2) is 0 Å². The molecule has 0 saturated heterocycles. The molecule has 0 fully saturated rings. The molecule has 0 atom stereocenters. The molecule has 5 aromatic carbocycles. The summed E-state index contributed by atoms with van der Waals surface area (Å²) in [5.41, 5.74) is 6.39. The first-order valence-electron chi connectivity index (χ1n) is 12.1. The van der Waals surface area contributed by atoms with Gasteiger partial charge in [-0.3, -0.25) is 4.98 Å². The van der Waals surface area contributed by atoms with E-state index in [1.165, 1.54) is 91.8 Å². The average Bonchev–Trinajstić information content (AvgIpc) is 3.50. The Balaban J connectivity index is 0.000000290. The maximum atomic E-state index is 4.62. The van der Waals surface area contributed by atoms with E-state index >= 15 is 0 Å². The molecule has 0 unspecified atom stereocenters. The normalized spacial score (nSPS) is 9.97. The van der Waals surface area contributed by atoms with Crippen molar-refractivity contribution in [1.82, 2.24) is 4.98 Å². The fraction of sp³-hybridized carbons (Fsp3) is 0.147. The first-order chi connectivity index (χ1) is 17.2. The number of pyridine rings is 1. The zero-order valence-corrected chi connectivity index (χ0v) is 25.8. The summed E-state index contributed by atoms with van der Waals surface area (Å²) in [4.78, 5) is 4.62. The van der Waals surface area contributed by atoms with Crippen molar-refractivity contribution in [2.45, 2.75) is 33.1 Å². The van der Waals surface area contributed by atoms with E-state index in [4.69, 9.17) is 0 Å². The number of para-hydroxylation sites is 1. The summed E-state index contributed by atoms with van der Waals surface area (Å²) in [6, 6.07) is 34.7. The molecule has 6 aromatic rings. The van der Waals surface area contributed by atoms with Crippen molar-refractivity contribution in [3.63, 3.8) is 0 Å². The predicted octanol–water partition coefficient (Wildman–Crippen LogP) is 9.50. The molecule has 0 N–H and O–H groups in total. The fourth-order valence-corrected chi connectivity index (χ4v) is 4.68. The van der Waals surface area contributed by atoms with Crippen LogP contribution in [0.1, 0.15) is 30.9 Å². The summed E-state index contributed by atoms with van der Waals surface area (Å²) in [5, 5.41) is 6.57. The second-order valence-electron chi connectivity index (χ2n) is 8.82. The second-order valence-corrected chi connectivity index (χ2v) is 8.82. The van der Waals surface area contributed by atoms with E-state index in [2.05, 4.69) is 117 Å². The number of hydrogen-bond donors (Lipinski definition) is 0. The van der Waals surface area contributed by atoms with Gasteiger partial charge in [-0.1, -0.05) is 68.7 Å². The molecule has 0 aliphatic carbocycles. The molecule has 0 aliphatic heterocycles. The van der Waals surface area contributed by atoms with Gasteiger partial charge in [0.05, 0.1) is 5.52 Å². The molecule has 0 saturated carbocycles. The minimum atomic E-state index is 0. The fourth-order valence-electron chi connectivity index (χ4n) is 4.68. The van der Waals surface area contributed by atoms with Crippen LogP contribution in [0.5, 0.6) is 0 Å². The number of rotatable bonds is 4. The number of hydrogen-bond acceptors (Lipinski definition) is 1. The minimum absolute atomic E-state index is 0. The number of nitrogens with zero attached hydrogens (tertiary/aromatic N) is 1. The standard InChI is InChI=1S/C22H20N.C10H9.2CH3.Si.Zr/c1-2-3-7-16-14-18-9-5-11-19(21(18)15-16)20-12-4-8-17-10-6-13-23-22(17)20;1-8-6-9-4-2-3-5-10(9)7-8;;;;/h4-6,8-15H,2-3,7H2,1H3;2-7H,1H3;2*1H3;;/q4*-1;;. The van der Waals surface area contributed by atoms with Crippen LogP contribution in [0.2, 0.25) is 0 Å². The average molecular weight is 577 g/mol. The van der Waals surface area contributed by atoms with Crippen molar-refractivity contribution in [3.8, 4) is 11.1 Å². The van der Waals surface area contributed by atoms with Gasteiger partial charge < -0.3 is 14.9 Å². The number of benzene rings is 3. The third-order valence-corrected chi connectivity index (χ3v) is 6.31. The zero-order valence-electron chi connectivity index (χ0n) is 22.4. The van der Waals surface area contributed by atoms with E-state index in [-0.39, 0.29) is 14.9 Å². The van der Waals surface area contributed by atoms with Gasteiger partial charge in [-0.05, 0) is 18.1 Å². The van der Waals surface area contributed by atoms with Crippen molar-refractivity contribution in [2.75, 3.05) is 0 Å². The van der Waals surface area contributed by atoms with Crippen molar-refractivity contribution >= 4 is 39.3 Å². The van der Waals surface area contributed by atoms with Crippen LogP contribution >= 0.6 is 0 Å². The molecule has 37 heavy (non-hydrogen) atoms. The van der Waals surface area contributed by atoms with Gasteiger partial charge in [0.1, 0.15) is 0 Å². The Bertz CT molecular complexity index is 1500. The van der Waals surface area contributed by atoms with E-state index in [1.807, 2.05) is 12.3 Å². The Labute approximate surface area is 239 Å². The van der Waals surface area contributed by atoms with Crippen LogP contribution in [0, 0.1) is 21.8 Å². The summed E-state index contributed by atoms with van der Waals surface area (Å²) < 4.78 is 0. The van der Waals surface area contributed by atoms with Gasteiger partial charge in [0.2, 0.25) is 0 Å². The third-order valence-electron chi connectivity index (χ3n) is 6.31. The molecule has 6 rings (SSSR count). The Hall–Kier alpha value is -2.61. The Morgan fingerprint density at radius 3 is 2.22 bits per heavy atom. The van der Waals surface area contributed by atoms with Crippen LogP contribution in [-0.4, -0.2) is 11.9 Å². The van der Waals surface area contributed by atoms with Crippen LogP contribution in [0.3, 0.4) is 0 Å². The molecule has 3 heteroatoms. The van der Waals surface area contributed by atoms with E-state index in [0.717, 1.165) is 5.52 Å². The van der Waals surface area contributed by atoms with Crippen LogP contribution in [0.4, 0.5) is 0 Å². The number of unbranched alkanes of at least 4 members (excludes halogenated alkanes) is 1. The van der Waals surface area contributed by atoms with Crippen molar-refractivity contribution in [1.29, 1.82) is 0 Å². The summed E-state index contributed by atoms with van der Waals surface area (Å²) in [7, 11) is 0. The van der Waals surface area contributed by atoms with Gasteiger partial charge in [-0.2, -0.15) is 12.1 Å². The quantitative estimate of drug-likeness (QED) is 0.150. The first kappa shape index (κ1) is 30.6. The second kappa shape index (κ2) is 15.0. The van der Waals surface area contributed by atoms with Crippen molar-refractivity contribution in [2.24, 2.45) is 0 Å². The van der Waals surface area contributed by atoms with E-state index in [0.29, 0.717) is 0 Å². The summed E-state index contributed by atoms with van der Waals surface area (Å²) in [5.74, 6) is 0. The zero-order chi connectivity index (χ0) is 24.6. The maximum absolute atomic E-state index is 4.62. The van der Waals surface area contributed by atoms with Crippen molar-refractivity contribution < 1.29 is 23.3 Å². The van der Waals surface area contributed by atoms with Gasteiger partial charge >= 0.3 is 30.2 Å².